The van der Waals surface area contributed by atoms with Crippen LogP contribution in [0.4, 0.5) is 17.2 Å². The number of carbonyl (C=O) groups excluding carboxylic acids is 2. The molecule has 0 atom stereocenters. The molecule has 1 amide bonds. The third kappa shape index (κ3) is 4.57. The largest absolute Gasteiger partial charge is 0.368 e. The Morgan fingerprint density at radius 2 is 1.75 bits per heavy atom. The molecule has 2 aromatic carbocycles. The first-order valence-electron chi connectivity index (χ1n) is 11.8. The van der Waals surface area contributed by atoms with Crippen molar-refractivity contribution in [1.29, 1.82) is 0 Å². The SMILES string of the molecule is CC(=O)c1cccc(NC(=O)Cn2nc3c(N4CCN(c5ccccc5C)CC4)nccn3c2=O)c1. The van der Waals surface area contributed by atoms with E-state index in [2.05, 4.69) is 44.3 Å². The van der Waals surface area contributed by atoms with E-state index in [1.807, 2.05) is 12.1 Å². The van der Waals surface area contributed by atoms with Crippen LogP contribution in [0, 0.1) is 6.92 Å². The number of amides is 1. The van der Waals surface area contributed by atoms with Crippen LogP contribution in [-0.2, 0) is 11.3 Å². The highest BCUT2D eigenvalue weighted by Gasteiger charge is 2.23. The van der Waals surface area contributed by atoms with Crippen molar-refractivity contribution < 1.29 is 9.59 Å². The van der Waals surface area contributed by atoms with Crippen LogP contribution in [0.25, 0.3) is 5.65 Å². The molecular formula is C26H27N7O3. The fraction of sp³-hybridized carbons (Fsp3) is 0.269. The molecule has 36 heavy (non-hydrogen) atoms. The molecule has 0 unspecified atom stereocenters. The van der Waals surface area contributed by atoms with Crippen molar-refractivity contribution >= 4 is 34.5 Å². The number of aryl methyl sites for hydroxylation is 1. The number of carbonyl (C=O) groups is 2. The van der Waals surface area contributed by atoms with E-state index in [1.54, 1.807) is 36.7 Å². The summed E-state index contributed by atoms with van der Waals surface area (Å²) in [5.74, 6) is 0.109. The lowest BCUT2D eigenvalue weighted by Gasteiger charge is -2.37. The van der Waals surface area contributed by atoms with E-state index >= 15 is 0 Å². The van der Waals surface area contributed by atoms with Gasteiger partial charge < -0.3 is 15.1 Å². The lowest BCUT2D eigenvalue weighted by atomic mass is 10.1. The van der Waals surface area contributed by atoms with Crippen molar-refractivity contribution in [3.8, 4) is 0 Å². The first-order chi connectivity index (χ1) is 17.4. The number of nitrogens with one attached hydrogen (secondary N) is 1. The van der Waals surface area contributed by atoms with E-state index in [0.717, 1.165) is 30.9 Å². The number of para-hydroxylation sites is 1. The molecule has 1 aliphatic rings. The summed E-state index contributed by atoms with van der Waals surface area (Å²) in [5.41, 5.74) is 3.44. The minimum absolute atomic E-state index is 0.0950. The molecule has 1 aliphatic heterocycles. The number of aromatic nitrogens is 4. The molecule has 1 fully saturated rings. The van der Waals surface area contributed by atoms with Crippen LogP contribution < -0.4 is 20.8 Å². The van der Waals surface area contributed by atoms with Crippen LogP contribution >= 0.6 is 0 Å². The van der Waals surface area contributed by atoms with Crippen LogP contribution in [0.3, 0.4) is 0 Å². The number of fused-ring (bicyclic) bond motifs is 1. The molecule has 10 heteroatoms. The van der Waals surface area contributed by atoms with Crippen molar-refractivity contribution in [2.24, 2.45) is 0 Å². The number of hydrogen-bond donors (Lipinski definition) is 1. The summed E-state index contributed by atoms with van der Waals surface area (Å²) in [4.78, 5) is 46.2. The predicted molar refractivity (Wildman–Crippen MR) is 138 cm³/mol. The topological polar surface area (TPSA) is 105 Å². The normalized spacial score (nSPS) is 13.7. The van der Waals surface area contributed by atoms with E-state index in [0.29, 0.717) is 22.7 Å². The first kappa shape index (κ1) is 23.3. The number of rotatable bonds is 6. The standard InChI is InChI=1S/C26H27N7O3/c1-18-6-3-4-9-22(18)30-12-14-31(15-13-30)24-25-29-33(26(36)32(25)11-10-27-24)17-23(35)28-21-8-5-7-20(16-21)19(2)34/h3-11,16H,12-15,17H2,1-2H3,(H,28,35). The zero-order chi connectivity index (χ0) is 25.2. The van der Waals surface area contributed by atoms with E-state index in [1.165, 1.54) is 22.6 Å². The Kier molecular flexibility index (Phi) is 6.24. The molecule has 1 N–H and O–H groups in total. The molecule has 2 aromatic heterocycles. The van der Waals surface area contributed by atoms with Gasteiger partial charge in [-0.2, -0.15) is 0 Å². The zero-order valence-corrected chi connectivity index (χ0v) is 20.2. The van der Waals surface area contributed by atoms with Crippen molar-refractivity contribution in [2.75, 3.05) is 41.3 Å². The fourth-order valence-corrected chi connectivity index (χ4v) is 4.49. The van der Waals surface area contributed by atoms with Crippen LogP contribution in [-0.4, -0.2) is 57.0 Å². The molecule has 0 spiro atoms. The van der Waals surface area contributed by atoms with Crippen LogP contribution in [0.1, 0.15) is 22.8 Å². The van der Waals surface area contributed by atoms with Gasteiger partial charge in [-0.15, -0.1) is 5.10 Å². The Morgan fingerprint density at radius 3 is 2.50 bits per heavy atom. The molecule has 0 radical (unpaired) electrons. The highest BCUT2D eigenvalue weighted by molar-refractivity contribution is 5.97. The van der Waals surface area contributed by atoms with Gasteiger partial charge in [-0.1, -0.05) is 30.3 Å². The lowest BCUT2D eigenvalue weighted by molar-refractivity contribution is -0.117. The summed E-state index contributed by atoms with van der Waals surface area (Å²) in [6.07, 6.45) is 3.14. The minimum atomic E-state index is -0.417. The van der Waals surface area contributed by atoms with Gasteiger partial charge in [0.25, 0.3) is 0 Å². The van der Waals surface area contributed by atoms with E-state index in [-0.39, 0.29) is 12.3 Å². The average molecular weight is 486 g/mol. The Hall–Kier alpha value is -4.47. The maximum atomic E-state index is 13.0. The van der Waals surface area contributed by atoms with Gasteiger partial charge in [0, 0.05) is 55.5 Å². The van der Waals surface area contributed by atoms with E-state index in [9.17, 15) is 14.4 Å². The molecular weight excluding hydrogens is 458 g/mol. The molecule has 3 heterocycles. The van der Waals surface area contributed by atoms with Crippen molar-refractivity contribution in [2.45, 2.75) is 20.4 Å². The molecule has 10 nitrogen and oxygen atoms in total. The third-order valence-corrected chi connectivity index (χ3v) is 6.36. The summed E-state index contributed by atoms with van der Waals surface area (Å²) in [5, 5.41) is 7.17. The second-order valence-corrected chi connectivity index (χ2v) is 8.83. The highest BCUT2D eigenvalue weighted by atomic mass is 16.2. The Morgan fingerprint density at radius 1 is 1.00 bits per heavy atom. The summed E-state index contributed by atoms with van der Waals surface area (Å²) >= 11 is 0. The van der Waals surface area contributed by atoms with Gasteiger partial charge in [-0.05, 0) is 37.6 Å². The lowest BCUT2D eigenvalue weighted by Crippen LogP contribution is -2.47. The quantitative estimate of drug-likeness (QED) is 0.418. The Balaban J connectivity index is 1.33. The van der Waals surface area contributed by atoms with Crippen LogP contribution in [0.2, 0.25) is 0 Å². The average Bonchev–Trinajstić information content (AvgIpc) is 3.19. The second-order valence-electron chi connectivity index (χ2n) is 8.83. The number of ketones is 1. The van der Waals surface area contributed by atoms with Gasteiger partial charge in [-0.25, -0.2) is 18.9 Å². The molecule has 5 rings (SSSR count). The number of nitrogens with zero attached hydrogens (tertiary/aromatic N) is 6. The first-order valence-corrected chi connectivity index (χ1v) is 11.8. The number of anilines is 3. The van der Waals surface area contributed by atoms with Gasteiger partial charge >= 0.3 is 5.69 Å². The van der Waals surface area contributed by atoms with Crippen LogP contribution in [0.15, 0.2) is 65.7 Å². The van der Waals surface area contributed by atoms with E-state index < -0.39 is 11.6 Å². The second kappa shape index (κ2) is 9.65. The molecule has 0 aliphatic carbocycles. The predicted octanol–water partition coefficient (Wildman–Crippen LogP) is 2.37. The Bertz CT molecular complexity index is 1500. The maximum Gasteiger partial charge on any atom is 0.350 e. The molecule has 1 saturated heterocycles. The fourth-order valence-electron chi connectivity index (χ4n) is 4.49. The van der Waals surface area contributed by atoms with Gasteiger partial charge in [0.1, 0.15) is 6.54 Å². The number of hydrogen-bond acceptors (Lipinski definition) is 7. The molecule has 0 saturated carbocycles. The van der Waals surface area contributed by atoms with Gasteiger partial charge in [0.05, 0.1) is 0 Å². The van der Waals surface area contributed by atoms with Crippen molar-refractivity contribution in [1.82, 2.24) is 19.2 Å². The number of Topliss-reactive ketones (excluding diaryl/α,β-unsaturated/α-hetero) is 1. The summed E-state index contributed by atoms with van der Waals surface area (Å²) in [7, 11) is 0. The maximum absolute atomic E-state index is 13.0. The van der Waals surface area contributed by atoms with Gasteiger partial charge in [0.2, 0.25) is 11.6 Å². The van der Waals surface area contributed by atoms with Crippen LogP contribution in [0.5, 0.6) is 0 Å². The molecule has 4 aromatic rings. The van der Waals surface area contributed by atoms with Crippen molar-refractivity contribution in [3.63, 3.8) is 0 Å². The van der Waals surface area contributed by atoms with Gasteiger partial charge in [-0.3, -0.25) is 9.59 Å². The Labute approximate surface area is 207 Å². The number of piperazine rings is 1. The molecule has 0 bridgehead atoms. The number of benzene rings is 2. The van der Waals surface area contributed by atoms with Gasteiger partial charge in [0.15, 0.2) is 11.6 Å². The van der Waals surface area contributed by atoms with Crippen molar-refractivity contribution in [3.05, 3.63) is 82.5 Å². The smallest absolute Gasteiger partial charge is 0.350 e. The minimum Gasteiger partial charge on any atom is -0.368 e. The third-order valence-electron chi connectivity index (χ3n) is 6.36. The summed E-state index contributed by atoms with van der Waals surface area (Å²) < 4.78 is 2.55. The summed E-state index contributed by atoms with van der Waals surface area (Å²) in [6, 6.07) is 15.0. The van der Waals surface area contributed by atoms with E-state index in [4.69, 9.17) is 0 Å². The monoisotopic (exact) mass is 485 g/mol. The highest BCUT2D eigenvalue weighted by Crippen LogP contribution is 2.23. The summed E-state index contributed by atoms with van der Waals surface area (Å²) in [6.45, 7) is 6.42. The molecule has 184 valence electrons. The zero-order valence-electron chi connectivity index (χ0n) is 20.2.